The molecule has 1 aliphatic rings. The average Bonchev–Trinajstić information content (AvgIpc) is 2.89. The summed E-state index contributed by atoms with van der Waals surface area (Å²) in [5.41, 5.74) is 9.03. The number of nitrogens with two attached hydrogens (primary N) is 1. The number of aliphatic hydroxyl groups excluding tert-OH is 1. The van der Waals surface area contributed by atoms with E-state index in [1.807, 2.05) is 18.2 Å². The number of fused-ring (bicyclic) bond motifs is 1. The zero-order chi connectivity index (χ0) is 15.0. The van der Waals surface area contributed by atoms with Crippen molar-refractivity contribution in [1.29, 1.82) is 0 Å². The molecule has 0 radical (unpaired) electrons. The van der Waals surface area contributed by atoms with Crippen LogP contribution in [-0.2, 0) is 11.8 Å². The van der Waals surface area contributed by atoms with Gasteiger partial charge in [0, 0.05) is 12.0 Å². The number of aryl methyl sites for hydroxylation is 2. The fourth-order valence-corrected chi connectivity index (χ4v) is 3.42. The van der Waals surface area contributed by atoms with Gasteiger partial charge in [0.2, 0.25) is 0 Å². The lowest BCUT2D eigenvalue weighted by atomic mass is 9.74. The van der Waals surface area contributed by atoms with Crippen molar-refractivity contribution in [1.82, 2.24) is 0 Å². The lowest BCUT2D eigenvalue weighted by Gasteiger charge is -2.34. The zero-order valence-electron chi connectivity index (χ0n) is 12.1. The Labute approximate surface area is 124 Å². The van der Waals surface area contributed by atoms with Crippen LogP contribution in [0.3, 0.4) is 0 Å². The second kappa shape index (κ2) is 5.24. The quantitative estimate of drug-likeness (QED) is 0.910. The fourth-order valence-electron chi connectivity index (χ4n) is 3.42. The second-order valence-electron chi connectivity index (χ2n) is 5.93. The normalized spacial score (nSPS) is 22.1. The van der Waals surface area contributed by atoms with Crippen LogP contribution < -0.4 is 5.73 Å². The van der Waals surface area contributed by atoms with Crippen LogP contribution in [0.2, 0.25) is 0 Å². The van der Waals surface area contributed by atoms with Crippen LogP contribution in [0, 0.1) is 12.7 Å². The van der Waals surface area contributed by atoms with Gasteiger partial charge in [-0.25, -0.2) is 4.39 Å². The summed E-state index contributed by atoms with van der Waals surface area (Å²) in [5.74, 6) is -0.287. The van der Waals surface area contributed by atoms with Crippen LogP contribution in [-0.4, -0.2) is 11.7 Å². The highest BCUT2D eigenvalue weighted by molar-refractivity contribution is 5.43. The van der Waals surface area contributed by atoms with Crippen molar-refractivity contribution in [2.75, 3.05) is 6.54 Å². The molecular formula is C18H20FNO. The standard InChI is InChI=1S/C18H20FNO/c1-12-6-7-14(10-16(12)19)17(21)18(11-20)9-8-13-4-2-3-5-15(13)18/h2-7,10,17,21H,8-9,11,20H2,1H3. The van der Waals surface area contributed by atoms with Crippen molar-refractivity contribution in [3.63, 3.8) is 0 Å². The first-order valence-electron chi connectivity index (χ1n) is 7.31. The maximum Gasteiger partial charge on any atom is 0.126 e. The molecule has 0 heterocycles. The predicted molar refractivity (Wildman–Crippen MR) is 81.6 cm³/mol. The number of benzene rings is 2. The van der Waals surface area contributed by atoms with Gasteiger partial charge in [-0.1, -0.05) is 36.4 Å². The van der Waals surface area contributed by atoms with E-state index in [9.17, 15) is 9.50 Å². The molecule has 0 saturated heterocycles. The zero-order valence-corrected chi connectivity index (χ0v) is 12.1. The van der Waals surface area contributed by atoms with Gasteiger partial charge in [-0.2, -0.15) is 0 Å². The minimum atomic E-state index is -0.791. The maximum absolute atomic E-state index is 13.8. The van der Waals surface area contributed by atoms with E-state index >= 15 is 0 Å². The molecule has 2 aromatic rings. The molecule has 2 unspecified atom stereocenters. The van der Waals surface area contributed by atoms with Gasteiger partial charge >= 0.3 is 0 Å². The summed E-state index contributed by atoms with van der Waals surface area (Å²) < 4.78 is 13.8. The van der Waals surface area contributed by atoms with E-state index in [2.05, 4.69) is 6.07 Å². The third kappa shape index (κ3) is 2.17. The highest BCUT2D eigenvalue weighted by Gasteiger charge is 2.44. The molecule has 0 fully saturated rings. The number of aliphatic hydroxyl groups is 1. The van der Waals surface area contributed by atoms with Crippen molar-refractivity contribution in [2.45, 2.75) is 31.3 Å². The summed E-state index contributed by atoms with van der Waals surface area (Å²) in [6, 6.07) is 13.0. The first-order chi connectivity index (χ1) is 10.1. The van der Waals surface area contributed by atoms with E-state index in [4.69, 9.17) is 5.73 Å². The van der Waals surface area contributed by atoms with Crippen molar-refractivity contribution in [2.24, 2.45) is 5.73 Å². The molecule has 1 aliphatic carbocycles. The highest BCUT2D eigenvalue weighted by Crippen LogP contribution is 2.46. The van der Waals surface area contributed by atoms with Crippen LogP contribution in [0.15, 0.2) is 42.5 Å². The van der Waals surface area contributed by atoms with Crippen molar-refractivity contribution in [3.05, 3.63) is 70.5 Å². The van der Waals surface area contributed by atoms with Crippen molar-refractivity contribution < 1.29 is 9.50 Å². The Bertz CT molecular complexity index is 670. The van der Waals surface area contributed by atoms with E-state index in [1.165, 1.54) is 11.6 Å². The third-order valence-corrected chi connectivity index (χ3v) is 4.79. The Hall–Kier alpha value is -1.71. The van der Waals surface area contributed by atoms with E-state index in [1.54, 1.807) is 19.1 Å². The van der Waals surface area contributed by atoms with E-state index in [0.717, 1.165) is 18.4 Å². The molecule has 0 saturated carbocycles. The van der Waals surface area contributed by atoms with Gasteiger partial charge < -0.3 is 10.8 Å². The molecule has 110 valence electrons. The molecular weight excluding hydrogens is 265 g/mol. The van der Waals surface area contributed by atoms with Gasteiger partial charge in [0.25, 0.3) is 0 Å². The average molecular weight is 285 g/mol. The molecule has 3 heteroatoms. The molecule has 21 heavy (non-hydrogen) atoms. The summed E-state index contributed by atoms with van der Waals surface area (Å²) in [6.45, 7) is 2.07. The summed E-state index contributed by atoms with van der Waals surface area (Å²) in [4.78, 5) is 0. The first-order valence-corrected chi connectivity index (χ1v) is 7.31. The number of rotatable bonds is 3. The molecule has 3 rings (SSSR count). The number of halogens is 1. The summed E-state index contributed by atoms with van der Waals surface area (Å²) in [7, 11) is 0. The summed E-state index contributed by atoms with van der Waals surface area (Å²) >= 11 is 0. The lowest BCUT2D eigenvalue weighted by Crippen LogP contribution is -2.39. The smallest absolute Gasteiger partial charge is 0.126 e. The van der Waals surface area contributed by atoms with Crippen LogP contribution in [0.4, 0.5) is 4.39 Å². The molecule has 0 spiro atoms. The predicted octanol–water partition coefficient (Wildman–Crippen LogP) is 3.01. The molecule has 0 amide bonds. The summed E-state index contributed by atoms with van der Waals surface area (Å²) in [6.07, 6.45) is 0.902. The van der Waals surface area contributed by atoms with Crippen molar-refractivity contribution in [3.8, 4) is 0 Å². The largest absolute Gasteiger partial charge is 0.387 e. The number of hydrogen-bond donors (Lipinski definition) is 2. The second-order valence-corrected chi connectivity index (χ2v) is 5.93. The lowest BCUT2D eigenvalue weighted by molar-refractivity contribution is 0.0837. The van der Waals surface area contributed by atoms with Crippen LogP contribution in [0.1, 0.15) is 34.8 Å². The minimum Gasteiger partial charge on any atom is -0.387 e. The molecule has 0 bridgehead atoms. The Kier molecular flexibility index (Phi) is 3.56. The molecule has 2 atom stereocenters. The molecule has 0 aromatic heterocycles. The van der Waals surface area contributed by atoms with Gasteiger partial charge in [0.05, 0.1) is 6.10 Å². The highest BCUT2D eigenvalue weighted by atomic mass is 19.1. The van der Waals surface area contributed by atoms with Gasteiger partial charge in [-0.3, -0.25) is 0 Å². The van der Waals surface area contributed by atoms with Gasteiger partial charge in [-0.05, 0) is 48.1 Å². The van der Waals surface area contributed by atoms with E-state index in [0.29, 0.717) is 17.7 Å². The first kappa shape index (κ1) is 14.2. The van der Waals surface area contributed by atoms with Crippen molar-refractivity contribution >= 4 is 0 Å². The van der Waals surface area contributed by atoms with Crippen LogP contribution in [0.25, 0.3) is 0 Å². The topological polar surface area (TPSA) is 46.2 Å². The third-order valence-electron chi connectivity index (χ3n) is 4.79. The Morgan fingerprint density at radius 3 is 2.76 bits per heavy atom. The monoisotopic (exact) mass is 285 g/mol. The Morgan fingerprint density at radius 2 is 2.05 bits per heavy atom. The molecule has 0 aliphatic heterocycles. The maximum atomic E-state index is 13.8. The van der Waals surface area contributed by atoms with Gasteiger partial charge in [-0.15, -0.1) is 0 Å². The fraction of sp³-hybridized carbons (Fsp3) is 0.333. The van der Waals surface area contributed by atoms with Gasteiger partial charge in [0.15, 0.2) is 0 Å². The molecule has 2 nitrogen and oxygen atoms in total. The number of hydrogen-bond acceptors (Lipinski definition) is 2. The summed E-state index contributed by atoms with van der Waals surface area (Å²) in [5, 5.41) is 10.9. The Morgan fingerprint density at radius 1 is 1.29 bits per heavy atom. The van der Waals surface area contributed by atoms with Crippen LogP contribution >= 0.6 is 0 Å². The minimum absolute atomic E-state index is 0.287. The van der Waals surface area contributed by atoms with Gasteiger partial charge in [0.1, 0.15) is 5.82 Å². The van der Waals surface area contributed by atoms with Crippen LogP contribution in [0.5, 0.6) is 0 Å². The van der Waals surface area contributed by atoms with E-state index in [-0.39, 0.29) is 5.82 Å². The molecule has 2 aromatic carbocycles. The molecule has 3 N–H and O–H groups in total. The van der Waals surface area contributed by atoms with E-state index < -0.39 is 11.5 Å². The Balaban J connectivity index is 2.06. The SMILES string of the molecule is Cc1ccc(C(O)C2(CN)CCc3ccccc32)cc1F.